The first-order valence-corrected chi connectivity index (χ1v) is 5.42. The van der Waals surface area contributed by atoms with Gasteiger partial charge in [0.15, 0.2) is 0 Å². The highest BCUT2D eigenvalue weighted by molar-refractivity contribution is 4.95. The summed E-state index contributed by atoms with van der Waals surface area (Å²) in [6.07, 6.45) is 2.66. The first-order valence-electron chi connectivity index (χ1n) is 5.42. The second-order valence-electron chi connectivity index (χ2n) is 4.54. The summed E-state index contributed by atoms with van der Waals surface area (Å²) in [5.74, 6) is 0.993. The molecule has 15 heavy (non-hydrogen) atoms. The van der Waals surface area contributed by atoms with Crippen LogP contribution in [0.5, 0.6) is 0 Å². The van der Waals surface area contributed by atoms with Gasteiger partial charge in [-0.1, -0.05) is 6.92 Å². The molecule has 0 radical (unpaired) electrons. The zero-order valence-corrected chi connectivity index (χ0v) is 9.35. The van der Waals surface area contributed by atoms with Crippen LogP contribution >= 0.6 is 0 Å². The second-order valence-corrected chi connectivity index (χ2v) is 4.54. The van der Waals surface area contributed by atoms with Crippen molar-refractivity contribution < 1.29 is 5.11 Å². The van der Waals surface area contributed by atoms with Gasteiger partial charge in [0.25, 0.3) is 0 Å². The Hall–Kier alpha value is -0.940. The minimum atomic E-state index is -0.504. The SMILES string of the molecule is CCCn1ncnc1CN1CC(C)(O)C1. The van der Waals surface area contributed by atoms with E-state index in [0.29, 0.717) is 0 Å². The Kier molecular flexibility index (Phi) is 2.75. The maximum absolute atomic E-state index is 9.60. The third-order valence-corrected chi connectivity index (χ3v) is 2.62. The van der Waals surface area contributed by atoms with Crippen molar-refractivity contribution in [2.24, 2.45) is 0 Å². The highest BCUT2D eigenvalue weighted by atomic mass is 16.3. The molecular formula is C10H18N4O. The third kappa shape index (κ3) is 2.35. The molecule has 0 aromatic carbocycles. The van der Waals surface area contributed by atoms with Crippen molar-refractivity contribution in [1.29, 1.82) is 0 Å². The number of nitrogens with zero attached hydrogens (tertiary/aromatic N) is 4. The fraction of sp³-hybridized carbons (Fsp3) is 0.800. The number of hydrogen-bond donors (Lipinski definition) is 1. The van der Waals surface area contributed by atoms with Gasteiger partial charge in [-0.25, -0.2) is 9.67 Å². The maximum atomic E-state index is 9.60. The summed E-state index contributed by atoms with van der Waals surface area (Å²) in [7, 11) is 0. The summed E-state index contributed by atoms with van der Waals surface area (Å²) in [6, 6.07) is 0. The smallest absolute Gasteiger partial charge is 0.141 e. The molecule has 1 aromatic rings. The van der Waals surface area contributed by atoms with E-state index in [1.54, 1.807) is 6.33 Å². The van der Waals surface area contributed by atoms with Crippen LogP contribution in [-0.2, 0) is 13.1 Å². The molecule has 5 heteroatoms. The van der Waals surface area contributed by atoms with Crippen molar-refractivity contribution in [1.82, 2.24) is 19.7 Å². The van der Waals surface area contributed by atoms with Gasteiger partial charge < -0.3 is 5.11 Å². The predicted molar refractivity (Wildman–Crippen MR) is 56.2 cm³/mol. The molecule has 0 spiro atoms. The lowest BCUT2D eigenvalue weighted by atomic mass is 9.97. The summed E-state index contributed by atoms with van der Waals surface area (Å²) in [5, 5.41) is 13.8. The first-order chi connectivity index (χ1) is 7.11. The van der Waals surface area contributed by atoms with Crippen molar-refractivity contribution >= 4 is 0 Å². The van der Waals surface area contributed by atoms with Crippen LogP contribution in [0.2, 0.25) is 0 Å². The van der Waals surface area contributed by atoms with Gasteiger partial charge in [-0.15, -0.1) is 0 Å². The minimum absolute atomic E-state index is 0.504. The van der Waals surface area contributed by atoms with Crippen molar-refractivity contribution in [2.45, 2.75) is 39.0 Å². The number of rotatable bonds is 4. The molecule has 1 aliphatic rings. The lowest BCUT2D eigenvalue weighted by Gasteiger charge is -2.43. The number of hydrogen-bond acceptors (Lipinski definition) is 4. The quantitative estimate of drug-likeness (QED) is 0.774. The van der Waals surface area contributed by atoms with E-state index in [-0.39, 0.29) is 0 Å². The molecule has 0 saturated carbocycles. The molecule has 1 saturated heterocycles. The third-order valence-electron chi connectivity index (χ3n) is 2.62. The fourth-order valence-electron chi connectivity index (χ4n) is 2.04. The normalized spacial score (nSPS) is 20.2. The molecule has 0 amide bonds. The van der Waals surface area contributed by atoms with Gasteiger partial charge in [0.05, 0.1) is 12.1 Å². The standard InChI is InChI=1S/C10H18N4O/c1-3-4-14-9(11-8-12-14)5-13-6-10(2,15)7-13/h8,15H,3-7H2,1-2H3. The monoisotopic (exact) mass is 210 g/mol. The van der Waals surface area contributed by atoms with Crippen LogP contribution < -0.4 is 0 Å². The number of likely N-dealkylation sites (tertiary alicyclic amines) is 1. The average Bonchev–Trinajstić information content (AvgIpc) is 2.50. The van der Waals surface area contributed by atoms with Crippen LogP contribution in [0.15, 0.2) is 6.33 Å². The Morgan fingerprint density at radius 2 is 2.27 bits per heavy atom. The molecule has 1 N–H and O–H groups in total. The lowest BCUT2D eigenvalue weighted by molar-refractivity contribution is -0.0884. The fourth-order valence-corrected chi connectivity index (χ4v) is 2.04. The van der Waals surface area contributed by atoms with Gasteiger partial charge in [-0.2, -0.15) is 5.10 Å². The van der Waals surface area contributed by atoms with Crippen LogP contribution in [0.25, 0.3) is 0 Å². The molecular weight excluding hydrogens is 192 g/mol. The molecule has 84 valence electrons. The summed E-state index contributed by atoms with van der Waals surface area (Å²) in [4.78, 5) is 6.41. The van der Waals surface area contributed by atoms with Crippen LogP contribution in [0.4, 0.5) is 0 Å². The van der Waals surface area contributed by atoms with Gasteiger partial charge in [0.2, 0.25) is 0 Å². The number of β-amino-alcohol motifs (C(OH)–C–C–N with tert-alkyl or cyclic N) is 1. The number of aliphatic hydroxyl groups is 1. The highest BCUT2D eigenvalue weighted by Crippen LogP contribution is 2.21. The van der Waals surface area contributed by atoms with Crippen molar-refractivity contribution in [3.05, 3.63) is 12.2 Å². The van der Waals surface area contributed by atoms with Crippen LogP contribution in [0.1, 0.15) is 26.1 Å². The number of aromatic nitrogens is 3. The van der Waals surface area contributed by atoms with Crippen molar-refractivity contribution in [3.63, 3.8) is 0 Å². The largest absolute Gasteiger partial charge is 0.388 e. The lowest BCUT2D eigenvalue weighted by Crippen LogP contribution is -2.59. The van der Waals surface area contributed by atoms with Gasteiger partial charge in [-0.05, 0) is 13.3 Å². The van der Waals surface area contributed by atoms with E-state index in [9.17, 15) is 5.11 Å². The molecule has 2 heterocycles. The molecule has 1 aliphatic heterocycles. The average molecular weight is 210 g/mol. The van der Waals surface area contributed by atoms with Crippen LogP contribution in [-0.4, -0.2) is 43.5 Å². The molecule has 2 rings (SSSR count). The molecule has 1 fully saturated rings. The van der Waals surface area contributed by atoms with Crippen molar-refractivity contribution in [2.75, 3.05) is 13.1 Å². The summed E-state index contributed by atoms with van der Waals surface area (Å²) in [5.41, 5.74) is -0.504. The summed E-state index contributed by atoms with van der Waals surface area (Å²) in [6.45, 7) is 7.15. The highest BCUT2D eigenvalue weighted by Gasteiger charge is 2.36. The van der Waals surface area contributed by atoms with Gasteiger partial charge >= 0.3 is 0 Å². The van der Waals surface area contributed by atoms with E-state index in [2.05, 4.69) is 21.9 Å². The van der Waals surface area contributed by atoms with Gasteiger partial charge in [0, 0.05) is 19.6 Å². The molecule has 5 nitrogen and oxygen atoms in total. The van der Waals surface area contributed by atoms with Gasteiger partial charge in [-0.3, -0.25) is 4.90 Å². The Labute approximate surface area is 89.7 Å². The molecule has 1 aromatic heterocycles. The topological polar surface area (TPSA) is 54.2 Å². The molecule has 0 aliphatic carbocycles. The van der Waals surface area contributed by atoms with Gasteiger partial charge in [0.1, 0.15) is 12.2 Å². The second kappa shape index (κ2) is 3.90. The maximum Gasteiger partial charge on any atom is 0.141 e. The minimum Gasteiger partial charge on any atom is -0.388 e. The van der Waals surface area contributed by atoms with E-state index in [0.717, 1.165) is 38.4 Å². The Morgan fingerprint density at radius 3 is 2.87 bits per heavy atom. The summed E-state index contributed by atoms with van der Waals surface area (Å²) < 4.78 is 1.94. The van der Waals surface area contributed by atoms with E-state index in [1.165, 1.54) is 0 Å². The zero-order chi connectivity index (χ0) is 10.9. The van der Waals surface area contributed by atoms with E-state index >= 15 is 0 Å². The van der Waals surface area contributed by atoms with Crippen LogP contribution in [0.3, 0.4) is 0 Å². The molecule has 0 atom stereocenters. The Morgan fingerprint density at radius 1 is 1.53 bits per heavy atom. The van der Waals surface area contributed by atoms with E-state index in [4.69, 9.17) is 0 Å². The zero-order valence-electron chi connectivity index (χ0n) is 9.35. The van der Waals surface area contributed by atoms with E-state index in [1.807, 2.05) is 11.6 Å². The van der Waals surface area contributed by atoms with Crippen LogP contribution in [0, 0.1) is 0 Å². The first kappa shape index (κ1) is 10.6. The molecule has 0 bridgehead atoms. The Balaban J connectivity index is 1.91. The Bertz CT molecular complexity index is 326. The van der Waals surface area contributed by atoms with Crippen molar-refractivity contribution in [3.8, 4) is 0 Å². The van der Waals surface area contributed by atoms with E-state index < -0.39 is 5.60 Å². The predicted octanol–water partition coefficient (Wildman–Crippen LogP) is 0.255. The summed E-state index contributed by atoms with van der Waals surface area (Å²) >= 11 is 0. The molecule has 0 unspecified atom stereocenters. The number of aryl methyl sites for hydroxylation is 1.